The zero-order valence-corrected chi connectivity index (χ0v) is 17.3. The third kappa shape index (κ3) is 2.69. The predicted octanol–water partition coefficient (Wildman–Crippen LogP) is 3.35. The molecule has 3 fully saturated rings. The number of ether oxygens (including phenoxy) is 1. The fourth-order valence-corrected chi connectivity index (χ4v) is 6.40. The molecule has 2 saturated carbocycles. The monoisotopic (exact) mass is 433 g/mol. The minimum absolute atomic E-state index is 0.115. The van der Waals surface area contributed by atoms with E-state index in [0.29, 0.717) is 16.7 Å². The molecule has 31 heavy (non-hydrogen) atoms. The largest absolute Gasteiger partial charge is 0.454 e. The van der Waals surface area contributed by atoms with Gasteiger partial charge in [0, 0.05) is 0 Å². The number of thiophene rings is 1. The van der Waals surface area contributed by atoms with Gasteiger partial charge in [-0.15, -0.1) is 11.3 Å². The van der Waals surface area contributed by atoms with Crippen LogP contribution in [0.4, 0.5) is 5.69 Å². The first-order chi connectivity index (χ1) is 15.1. The summed E-state index contributed by atoms with van der Waals surface area (Å²) >= 11 is 1.28. The smallest absolute Gasteiger partial charge is 0.340 e. The standard InChI is InChI=1S/C24H19NO5S/c26-18(19-6-3-9-31-19)11-30-24(29)14-4-1-2-5-17(14)25-22(27)20-12-7-8-13(16-10-15(12)16)21(20)23(25)28/h1-9,12-13,15-16,20-21H,10-11H2. The predicted molar refractivity (Wildman–Crippen MR) is 113 cm³/mol. The molecule has 2 bridgehead atoms. The Hall–Kier alpha value is -3.06. The Labute approximate surface area is 182 Å². The van der Waals surface area contributed by atoms with Crippen molar-refractivity contribution in [2.75, 3.05) is 11.5 Å². The lowest BCUT2D eigenvalue weighted by atomic mass is 9.63. The summed E-state index contributed by atoms with van der Waals surface area (Å²) in [6.45, 7) is -0.391. The van der Waals surface area contributed by atoms with Gasteiger partial charge in [0.25, 0.3) is 0 Å². The normalized spacial score (nSPS) is 32.1. The lowest BCUT2D eigenvalue weighted by Crippen LogP contribution is -2.40. The van der Waals surface area contributed by atoms with Gasteiger partial charge in [0.05, 0.1) is 28.0 Å². The number of hydrogen-bond acceptors (Lipinski definition) is 6. The topological polar surface area (TPSA) is 80.8 Å². The molecule has 2 heterocycles. The number of carbonyl (C=O) groups excluding carboxylic acids is 4. The Morgan fingerprint density at radius 1 is 0.968 bits per heavy atom. The molecule has 7 rings (SSSR count). The molecule has 156 valence electrons. The number of esters is 1. The molecular formula is C24H19NO5S. The van der Waals surface area contributed by atoms with E-state index in [0.717, 1.165) is 6.42 Å². The van der Waals surface area contributed by atoms with E-state index in [2.05, 4.69) is 12.2 Å². The molecule has 0 spiro atoms. The molecule has 2 aromatic rings. The van der Waals surface area contributed by atoms with E-state index >= 15 is 0 Å². The van der Waals surface area contributed by atoms with Gasteiger partial charge in [-0.05, 0) is 53.7 Å². The highest BCUT2D eigenvalue weighted by atomic mass is 32.1. The highest BCUT2D eigenvalue weighted by Crippen LogP contribution is 2.65. The maximum Gasteiger partial charge on any atom is 0.340 e. The number of Topliss-reactive ketones (excluding diaryl/α,β-unsaturated/α-hetero) is 1. The number of amides is 2. The second kappa shape index (κ2) is 6.72. The third-order valence-electron chi connectivity index (χ3n) is 7.16. The number of para-hydroxylation sites is 1. The van der Waals surface area contributed by atoms with Gasteiger partial charge in [0.1, 0.15) is 0 Å². The second-order valence-electron chi connectivity index (χ2n) is 8.66. The first-order valence-electron chi connectivity index (χ1n) is 10.5. The Kier molecular flexibility index (Phi) is 4.05. The summed E-state index contributed by atoms with van der Waals surface area (Å²) in [7, 11) is 0. The van der Waals surface area contributed by atoms with E-state index in [-0.39, 0.29) is 52.5 Å². The van der Waals surface area contributed by atoms with Crippen molar-refractivity contribution in [1.29, 1.82) is 0 Å². The lowest BCUT2D eigenvalue weighted by Gasteiger charge is -2.37. The maximum atomic E-state index is 13.4. The van der Waals surface area contributed by atoms with Crippen molar-refractivity contribution in [3.05, 3.63) is 64.4 Å². The maximum absolute atomic E-state index is 13.4. The quantitative estimate of drug-likeness (QED) is 0.313. The van der Waals surface area contributed by atoms with E-state index < -0.39 is 12.6 Å². The molecule has 6 atom stereocenters. The fourth-order valence-electron chi connectivity index (χ4n) is 5.75. The summed E-state index contributed by atoms with van der Waals surface area (Å²) in [5.74, 6) is -0.890. The average molecular weight is 433 g/mol. The Balaban J connectivity index is 1.27. The van der Waals surface area contributed by atoms with Crippen LogP contribution in [0.2, 0.25) is 0 Å². The average Bonchev–Trinajstić information content (AvgIpc) is 3.36. The summed E-state index contributed by atoms with van der Waals surface area (Å²) in [5, 5.41) is 1.78. The molecule has 1 aromatic heterocycles. The van der Waals surface area contributed by atoms with Gasteiger partial charge >= 0.3 is 5.97 Å². The van der Waals surface area contributed by atoms with Gasteiger partial charge < -0.3 is 4.74 Å². The lowest BCUT2D eigenvalue weighted by molar-refractivity contribution is -0.124. The molecule has 7 heteroatoms. The molecule has 6 unspecified atom stereocenters. The molecule has 1 saturated heterocycles. The minimum Gasteiger partial charge on any atom is -0.454 e. The zero-order valence-electron chi connectivity index (χ0n) is 16.5. The highest BCUT2D eigenvalue weighted by molar-refractivity contribution is 7.12. The Bertz CT molecular complexity index is 1120. The van der Waals surface area contributed by atoms with Crippen molar-refractivity contribution in [2.24, 2.45) is 35.5 Å². The number of allylic oxidation sites excluding steroid dienone is 2. The SMILES string of the molecule is O=C(COC(=O)c1ccccc1N1C(=O)C2C3C=CC(C4CC34)C2C1=O)c1cccs1. The van der Waals surface area contributed by atoms with Gasteiger partial charge in [0.2, 0.25) is 17.6 Å². The van der Waals surface area contributed by atoms with Crippen LogP contribution in [0.5, 0.6) is 0 Å². The highest BCUT2D eigenvalue weighted by Gasteiger charge is 2.67. The van der Waals surface area contributed by atoms with Crippen LogP contribution in [0.3, 0.4) is 0 Å². The molecule has 1 aliphatic heterocycles. The van der Waals surface area contributed by atoms with Crippen LogP contribution in [-0.4, -0.2) is 30.2 Å². The number of rotatable bonds is 5. The minimum atomic E-state index is -0.722. The van der Waals surface area contributed by atoms with Crippen molar-refractivity contribution in [3.63, 3.8) is 0 Å². The van der Waals surface area contributed by atoms with Crippen molar-refractivity contribution >= 4 is 40.6 Å². The summed E-state index contributed by atoms with van der Waals surface area (Å²) in [6, 6.07) is 9.90. The van der Waals surface area contributed by atoms with Crippen LogP contribution >= 0.6 is 11.3 Å². The molecule has 1 aromatic carbocycles. The molecular weight excluding hydrogens is 414 g/mol. The fraction of sp³-hybridized carbons (Fsp3) is 0.333. The van der Waals surface area contributed by atoms with Crippen molar-refractivity contribution < 1.29 is 23.9 Å². The van der Waals surface area contributed by atoms with Crippen molar-refractivity contribution in [1.82, 2.24) is 0 Å². The van der Waals surface area contributed by atoms with E-state index in [4.69, 9.17) is 4.74 Å². The van der Waals surface area contributed by atoms with Gasteiger partial charge in [-0.2, -0.15) is 0 Å². The molecule has 0 radical (unpaired) electrons. The molecule has 2 amide bonds. The number of benzene rings is 1. The molecule has 6 nitrogen and oxygen atoms in total. The molecule has 4 aliphatic carbocycles. The summed E-state index contributed by atoms with van der Waals surface area (Å²) in [4.78, 5) is 53.4. The van der Waals surface area contributed by atoms with Crippen LogP contribution in [0.1, 0.15) is 26.5 Å². The summed E-state index contributed by atoms with van der Waals surface area (Å²) in [5.41, 5.74) is 0.362. The first-order valence-corrected chi connectivity index (χ1v) is 11.3. The van der Waals surface area contributed by atoms with Crippen LogP contribution in [0.25, 0.3) is 0 Å². The first kappa shape index (κ1) is 18.7. The number of hydrogen-bond donors (Lipinski definition) is 0. The van der Waals surface area contributed by atoms with Crippen LogP contribution in [0.15, 0.2) is 53.9 Å². The molecule has 5 aliphatic rings. The number of imide groups is 1. The Morgan fingerprint density at radius 2 is 1.65 bits per heavy atom. The van der Waals surface area contributed by atoms with Crippen molar-refractivity contribution in [3.8, 4) is 0 Å². The third-order valence-corrected chi connectivity index (χ3v) is 8.07. The van der Waals surface area contributed by atoms with Crippen LogP contribution in [-0.2, 0) is 14.3 Å². The van der Waals surface area contributed by atoms with E-state index in [1.807, 2.05) is 0 Å². The second-order valence-corrected chi connectivity index (χ2v) is 9.61. The van der Waals surface area contributed by atoms with Crippen LogP contribution in [0, 0.1) is 35.5 Å². The summed E-state index contributed by atoms with van der Waals surface area (Å²) in [6.07, 6.45) is 5.33. The summed E-state index contributed by atoms with van der Waals surface area (Å²) < 4.78 is 5.24. The van der Waals surface area contributed by atoms with Gasteiger partial charge in [-0.1, -0.05) is 30.4 Å². The van der Waals surface area contributed by atoms with Gasteiger partial charge in [-0.25, -0.2) is 9.69 Å². The number of anilines is 1. The Morgan fingerprint density at radius 3 is 2.29 bits per heavy atom. The van der Waals surface area contributed by atoms with Crippen molar-refractivity contribution in [2.45, 2.75) is 6.42 Å². The zero-order chi connectivity index (χ0) is 21.3. The number of ketones is 1. The van der Waals surface area contributed by atoms with E-state index in [1.165, 1.54) is 22.3 Å². The number of carbonyl (C=O) groups is 4. The van der Waals surface area contributed by atoms with Gasteiger partial charge in [0.15, 0.2) is 6.61 Å². The number of nitrogens with zero attached hydrogens (tertiary/aromatic N) is 1. The van der Waals surface area contributed by atoms with E-state index in [9.17, 15) is 19.2 Å². The molecule has 0 N–H and O–H groups in total. The van der Waals surface area contributed by atoms with Crippen LogP contribution < -0.4 is 4.90 Å². The van der Waals surface area contributed by atoms with Gasteiger partial charge in [-0.3, -0.25) is 14.4 Å². The van der Waals surface area contributed by atoms with E-state index in [1.54, 1.807) is 35.7 Å².